The van der Waals surface area contributed by atoms with Crippen molar-refractivity contribution in [3.8, 4) is 5.75 Å². The monoisotopic (exact) mass is 354 g/mol. The number of aliphatic hydroxyl groups is 1. The number of hydrogen-bond donors (Lipinski definition) is 2. The number of nitrogens with zero attached hydrogens (tertiary/aromatic N) is 1. The van der Waals surface area contributed by atoms with Crippen LogP contribution in [0.4, 0.5) is 5.69 Å². The molecule has 5 nitrogen and oxygen atoms in total. The zero-order chi connectivity index (χ0) is 18.4. The van der Waals surface area contributed by atoms with Crippen molar-refractivity contribution in [1.29, 1.82) is 0 Å². The molecule has 138 valence electrons. The molecular weight excluding hydrogens is 328 g/mol. The predicted octanol–water partition coefficient (Wildman–Crippen LogP) is 3.35. The van der Waals surface area contributed by atoms with Crippen LogP contribution < -0.4 is 10.1 Å². The van der Waals surface area contributed by atoms with Crippen molar-refractivity contribution in [3.05, 3.63) is 59.7 Å². The van der Waals surface area contributed by atoms with Crippen LogP contribution >= 0.6 is 0 Å². The molecule has 2 N–H and O–H groups in total. The second-order valence-corrected chi connectivity index (χ2v) is 6.43. The molecule has 0 radical (unpaired) electrons. The Kier molecular flexibility index (Phi) is 6.12. The molecule has 2 aromatic rings. The third-order valence-corrected chi connectivity index (χ3v) is 4.64. The fourth-order valence-corrected chi connectivity index (χ4v) is 3.31. The van der Waals surface area contributed by atoms with Crippen molar-refractivity contribution in [2.45, 2.75) is 32.4 Å². The highest BCUT2D eigenvalue weighted by atomic mass is 16.5. The van der Waals surface area contributed by atoms with Gasteiger partial charge in [-0.15, -0.1) is 0 Å². The van der Waals surface area contributed by atoms with Crippen molar-refractivity contribution in [1.82, 2.24) is 4.90 Å². The van der Waals surface area contributed by atoms with Gasteiger partial charge >= 0.3 is 0 Å². The van der Waals surface area contributed by atoms with Gasteiger partial charge in [-0.2, -0.15) is 0 Å². The summed E-state index contributed by atoms with van der Waals surface area (Å²) in [5.74, 6) is 0.760. The molecular formula is C21H26N2O3. The molecule has 1 fully saturated rings. The molecule has 1 heterocycles. The van der Waals surface area contributed by atoms with Crippen LogP contribution in [0.3, 0.4) is 0 Å². The lowest BCUT2D eigenvalue weighted by Gasteiger charge is -2.25. The summed E-state index contributed by atoms with van der Waals surface area (Å²) in [6.45, 7) is 3.97. The van der Waals surface area contributed by atoms with Gasteiger partial charge in [0.25, 0.3) is 0 Å². The lowest BCUT2D eigenvalue weighted by molar-refractivity contribution is -0.131. The molecule has 1 aliphatic heterocycles. The van der Waals surface area contributed by atoms with Gasteiger partial charge in [-0.05, 0) is 43.5 Å². The van der Waals surface area contributed by atoms with E-state index in [1.807, 2.05) is 60.4 Å². The maximum Gasteiger partial charge on any atom is 0.249 e. The van der Waals surface area contributed by atoms with E-state index in [2.05, 4.69) is 5.32 Å². The second-order valence-electron chi connectivity index (χ2n) is 6.43. The highest BCUT2D eigenvalue weighted by Gasteiger charge is 2.27. The van der Waals surface area contributed by atoms with Crippen LogP contribution in [0.1, 0.15) is 36.9 Å². The van der Waals surface area contributed by atoms with Gasteiger partial charge in [-0.3, -0.25) is 4.79 Å². The van der Waals surface area contributed by atoms with E-state index in [0.717, 1.165) is 37.2 Å². The first kappa shape index (κ1) is 18.3. The van der Waals surface area contributed by atoms with Gasteiger partial charge < -0.3 is 20.1 Å². The van der Waals surface area contributed by atoms with E-state index < -0.39 is 6.04 Å². The van der Waals surface area contributed by atoms with Crippen LogP contribution in [0.5, 0.6) is 5.75 Å². The third kappa shape index (κ3) is 4.17. The number of carbonyl (C=O) groups excluding carboxylic acids is 1. The van der Waals surface area contributed by atoms with E-state index in [9.17, 15) is 9.90 Å². The first-order chi connectivity index (χ1) is 12.7. The van der Waals surface area contributed by atoms with Crippen LogP contribution in [0, 0.1) is 0 Å². The number of carbonyl (C=O) groups is 1. The molecule has 5 heteroatoms. The fourth-order valence-electron chi connectivity index (χ4n) is 3.31. The van der Waals surface area contributed by atoms with Gasteiger partial charge in [-0.25, -0.2) is 0 Å². The highest BCUT2D eigenvalue weighted by molar-refractivity contribution is 5.86. The lowest BCUT2D eigenvalue weighted by Crippen LogP contribution is -2.36. The van der Waals surface area contributed by atoms with E-state index in [0.29, 0.717) is 17.9 Å². The molecule has 1 atom stereocenters. The Morgan fingerprint density at radius 2 is 1.92 bits per heavy atom. The summed E-state index contributed by atoms with van der Waals surface area (Å²) in [7, 11) is 0. The highest BCUT2D eigenvalue weighted by Crippen LogP contribution is 2.28. The molecule has 0 bridgehead atoms. The van der Waals surface area contributed by atoms with Gasteiger partial charge in [0.05, 0.1) is 13.2 Å². The quantitative estimate of drug-likeness (QED) is 0.800. The normalized spacial score (nSPS) is 14.9. The maximum absolute atomic E-state index is 13.1. The Morgan fingerprint density at radius 1 is 1.19 bits per heavy atom. The van der Waals surface area contributed by atoms with E-state index >= 15 is 0 Å². The van der Waals surface area contributed by atoms with Crippen molar-refractivity contribution in [2.75, 3.05) is 25.0 Å². The number of rotatable bonds is 7. The Bertz CT molecular complexity index is 727. The zero-order valence-electron chi connectivity index (χ0n) is 15.1. The predicted molar refractivity (Wildman–Crippen MR) is 102 cm³/mol. The Morgan fingerprint density at radius 3 is 2.58 bits per heavy atom. The smallest absolute Gasteiger partial charge is 0.249 e. The molecule has 1 amide bonds. The average Bonchev–Trinajstić information content (AvgIpc) is 3.22. The van der Waals surface area contributed by atoms with Crippen LogP contribution in [-0.4, -0.2) is 35.6 Å². The molecule has 3 rings (SSSR count). The average molecular weight is 354 g/mol. The first-order valence-electron chi connectivity index (χ1n) is 9.19. The minimum atomic E-state index is -0.446. The van der Waals surface area contributed by atoms with Crippen molar-refractivity contribution in [2.24, 2.45) is 0 Å². The summed E-state index contributed by atoms with van der Waals surface area (Å²) < 4.78 is 5.54. The molecule has 0 aliphatic carbocycles. The number of anilines is 1. The molecule has 0 aromatic heterocycles. The Labute approximate surface area is 154 Å². The molecule has 0 spiro atoms. The van der Waals surface area contributed by atoms with Crippen LogP contribution in [-0.2, 0) is 11.4 Å². The summed E-state index contributed by atoms with van der Waals surface area (Å²) in [6, 6.07) is 14.9. The van der Waals surface area contributed by atoms with Gasteiger partial charge in [0.1, 0.15) is 11.8 Å². The number of aliphatic hydroxyl groups excluding tert-OH is 1. The number of hydrogen-bond acceptors (Lipinski definition) is 4. The number of benzene rings is 2. The fraction of sp³-hybridized carbons (Fsp3) is 0.381. The first-order valence-corrected chi connectivity index (χ1v) is 9.19. The summed E-state index contributed by atoms with van der Waals surface area (Å²) in [4.78, 5) is 15.0. The summed E-state index contributed by atoms with van der Waals surface area (Å²) in [5, 5.41) is 13.0. The maximum atomic E-state index is 13.1. The molecule has 1 saturated heterocycles. The van der Waals surface area contributed by atoms with Gasteiger partial charge in [-0.1, -0.05) is 30.3 Å². The molecule has 2 aromatic carbocycles. The number of ether oxygens (including phenoxy) is 1. The van der Waals surface area contributed by atoms with E-state index in [1.165, 1.54) is 0 Å². The number of amides is 1. The summed E-state index contributed by atoms with van der Waals surface area (Å²) in [5.41, 5.74) is 2.43. The zero-order valence-corrected chi connectivity index (χ0v) is 15.1. The summed E-state index contributed by atoms with van der Waals surface area (Å²) >= 11 is 0. The molecule has 1 aliphatic rings. The summed E-state index contributed by atoms with van der Waals surface area (Å²) in [6.07, 6.45) is 2.12. The SMILES string of the molecule is CCOc1ccc(NC(C(=O)N2CCCC2)c2ccccc2)cc1CO. The van der Waals surface area contributed by atoms with Crippen LogP contribution in [0.25, 0.3) is 0 Å². The Balaban J connectivity index is 1.87. The standard InChI is InChI=1S/C21H26N2O3/c1-2-26-19-11-10-18(14-17(19)15-24)22-20(16-8-4-3-5-9-16)21(25)23-12-6-7-13-23/h3-5,8-11,14,20,22,24H,2,6-7,12-13,15H2,1H3. The number of nitrogens with one attached hydrogen (secondary N) is 1. The molecule has 0 saturated carbocycles. The van der Waals surface area contributed by atoms with Crippen molar-refractivity contribution >= 4 is 11.6 Å². The van der Waals surface area contributed by atoms with Crippen molar-refractivity contribution in [3.63, 3.8) is 0 Å². The minimum Gasteiger partial charge on any atom is -0.494 e. The molecule has 1 unspecified atom stereocenters. The van der Waals surface area contributed by atoms with Crippen LogP contribution in [0.2, 0.25) is 0 Å². The third-order valence-electron chi connectivity index (χ3n) is 4.64. The topological polar surface area (TPSA) is 61.8 Å². The van der Waals surface area contributed by atoms with E-state index in [-0.39, 0.29) is 12.5 Å². The number of likely N-dealkylation sites (tertiary alicyclic amines) is 1. The minimum absolute atomic E-state index is 0.0909. The largest absolute Gasteiger partial charge is 0.494 e. The van der Waals surface area contributed by atoms with Gasteiger partial charge in [0.15, 0.2) is 0 Å². The Hall–Kier alpha value is -2.53. The van der Waals surface area contributed by atoms with Crippen LogP contribution in [0.15, 0.2) is 48.5 Å². The molecule has 26 heavy (non-hydrogen) atoms. The lowest BCUT2D eigenvalue weighted by atomic mass is 10.0. The van der Waals surface area contributed by atoms with Gasteiger partial charge in [0, 0.05) is 24.3 Å². The van der Waals surface area contributed by atoms with Gasteiger partial charge in [0.2, 0.25) is 5.91 Å². The second kappa shape index (κ2) is 8.72. The van der Waals surface area contributed by atoms with E-state index in [4.69, 9.17) is 4.74 Å². The van der Waals surface area contributed by atoms with E-state index in [1.54, 1.807) is 0 Å². The van der Waals surface area contributed by atoms with Crippen molar-refractivity contribution < 1.29 is 14.6 Å².